The van der Waals surface area contributed by atoms with Crippen LogP contribution in [0.25, 0.3) is 0 Å². The second-order valence-corrected chi connectivity index (χ2v) is 6.42. The van der Waals surface area contributed by atoms with Crippen molar-refractivity contribution in [2.45, 2.75) is 50.9 Å². The zero-order valence-electron chi connectivity index (χ0n) is 14.6. The first-order chi connectivity index (χ1) is 11.7. The van der Waals surface area contributed by atoms with Gasteiger partial charge in [0.15, 0.2) is 0 Å². The molecule has 0 spiro atoms. The zero-order valence-corrected chi connectivity index (χ0v) is 14.6. The Morgan fingerprint density at radius 1 is 1.29 bits per heavy atom. The predicted octanol–water partition coefficient (Wildman–Crippen LogP) is 2.42. The molecular weight excluding hydrogens is 306 g/mol. The maximum atomic E-state index is 12.7. The number of benzene rings is 1. The van der Waals surface area contributed by atoms with Gasteiger partial charge in [-0.3, -0.25) is 4.79 Å². The molecule has 132 valence electrons. The molecule has 24 heavy (non-hydrogen) atoms. The number of carbonyl (C=O) groups is 1. The second-order valence-electron chi connectivity index (χ2n) is 6.42. The first-order valence-electron chi connectivity index (χ1n) is 8.88. The van der Waals surface area contributed by atoms with Crippen LogP contribution in [0.3, 0.4) is 0 Å². The molecule has 0 N–H and O–H groups in total. The summed E-state index contributed by atoms with van der Waals surface area (Å²) < 4.78 is 16.8. The number of nitrogens with zero attached hydrogens (tertiary/aromatic N) is 1. The number of carbonyl (C=O) groups excluding carboxylic acids is 1. The van der Waals surface area contributed by atoms with Crippen LogP contribution in [0.4, 0.5) is 0 Å². The quantitative estimate of drug-likeness (QED) is 0.802. The molecule has 5 heteroatoms. The summed E-state index contributed by atoms with van der Waals surface area (Å²) in [5.74, 6) is 1.10. The Kier molecular flexibility index (Phi) is 5.74. The van der Waals surface area contributed by atoms with Gasteiger partial charge in [0.1, 0.15) is 11.9 Å². The lowest BCUT2D eigenvalue weighted by atomic mass is 9.95. The number of piperidine rings is 1. The number of methoxy groups -OCH3 is 1. The molecule has 1 aromatic carbocycles. The average Bonchev–Trinajstić information content (AvgIpc) is 3.10. The minimum absolute atomic E-state index is 0.0400. The molecule has 0 aromatic heterocycles. The SMILES string of the molecule is CCOc1ccc(CCC(=O)N2CC[C@@H](OC)[C@H]3OCC[C@@H]32)cc1. The molecule has 1 amide bonds. The van der Waals surface area contributed by atoms with Crippen LogP contribution in [0, 0.1) is 0 Å². The highest BCUT2D eigenvalue weighted by atomic mass is 16.5. The van der Waals surface area contributed by atoms with E-state index in [-0.39, 0.29) is 24.2 Å². The van der Waals surface area contributed by atoms with Crippen molar-refractivity contribution in [3.05, 3.63) is 29.8 Å². The van der Waals surface area contributed by atoms with E-state index >= 15 is 0 Å². The topological polar surface area (TPSA) is 48.0 Å². The van der Waals surface area contributed by atoms with Crippen molar-refractivity contribution in [1.29, 1.82) is 0 Å². The number of hydrogen-bond donors (Lipinski definition) is 0. The van der Waals surface area contributed by atoms with Gasteiger partial charge in [-0.05, 0) is 43.9 Å². The summed E-state index contributed by atoms with van der Waals surface area (Å²) >= 11 is 0. The standard InChI is InChI=1S/C19H27NO4/c1-3-23-15-7-4-14(5-8-15)6-9-18(21)20-12-10-17(22-2)19-16(20)11-13-24-19/h4-5,7-8,16-17,19H,3,6,9-13H2,1-2H3/t16-,17+,19-/m0/s1. The van der Waals surface area contributed by atoms with E-state index in [1.807, 2.05) is 36.1 Å². The lowest BCUT2D eigenvalue weighted by Crippen LogP contribution is -2.55. The highest BCUT2D eigenvalue weighted by molar-refractivity contribution is 5.77. The minimum Gasteiger partial charge on any atom is -0.494 e. The second kappa shape index (κ2) is 7.99. The van der Waals surface area contributed by atoms with Crippen molar-refractivity contribution in [2.24, 2.45) is 0 Å². The van der Waals surface area contributed by atoms with E-state index < -0.39 is 0 Å². The van der Waals surface area contributed by atoms with Crippen LogP contribution in [0.15, 0.2) is 24.3 Å². The molecule has 2 aliphatic heterocycles. The fraction of sp³-hybridized carbons (Fsp3) is 0.632. The van der Waals surface area contributed by atoms with Gasteiger partial charge in [-0.15, -0.1) is 0 Å². The van der Waals surface area contributed by atoms with Crippen LogP contribution >= 0.6 is 0 Å². The molecule has 2 saturated heterocycles. The van der Waals surface area contributed by atoms with Gasteiger partial charge in [-0.2, -0.15) is 0 Å². The Labute approximate surface area is 143 Å². The Morgan fingerprint density at radius 2 is 2.08 bits per heavy atom. The van der Waals surface area contributed by atoms with Crippen molar-refractivity contribution in [2.75, 3.05) is 26.9 Å². The summed E-state index contributed by atoms with van der Waals surface area (Å²) in [5, 5.41) is 0. The maximum Gasteiger partial charge on any atom is 0.223 e. The Bertz CT molecular complexity index is 545. The number of aryl methyl sites for hydroxylation is 1. The van der Waals surface area contributed by atoms with E-state index in [2.05, 4.69) is 0 Å². The third-order valence-electron chi connectivity index (χ3n) is 5.01. The summed E-state index contributed by atoms with van der Waals surface area (Å²) in [4.78, 5) is 14.7. The lowest BCUT2D eigenvalue weighted by molar-refractivity contribution is -0.143. The monoisotopic (exact) mass is 333 g/mol. The van der Waals surface area contributed by atoms with Crippen LogP contribution < -0.4 is 4.74 Å². The van der Waals surface area contributed by atoms with Gasteiger partial charge in [0.25, 0.3) is 0 Å². The molecule has 0 saturated carbocycles. The summed E-state index contributed by atoms with van der Waals surface area (Å²) in [6.45, 7) is 4.13. The van der Waals surface area contributed by atoms with Crippen molar-refractivity contribution in [1.82, 2.24) is 4.90 Å². The summed E-state index contributed by atoms with van der Waals surface area (Å²) in [7, 11) is 1.73. The normalized spacial score (nSPS) is 26.2. The summed E-state index contributed by atoms with van der Waals surface area (Å²) in [5.41, 5.74) is 1.16. The van der Waals surface area contributed by atoms with E-state index in [4.69, 9.17) is 14.2 Å². The Balaban J connectivity index is 1.55. The minimum atomic E-state index is 0.0400. The fourth-order valence-electron chi connectivity index (χ4n) is 3.76. The number of ether oxygens (including phenoxy) is 3. The van der Waals surface area contributed by atoms with Crippen molar-refractivity contribution < 1.29 is 19.0 Å². The van der Waals surface area contributed by atoms with E-state index in [1.165, 1.54) is 0 Å². The van der Waals surface area contributed by atoms with Gasteiger partial charge in [0.05, 0.1) is 18.8 Å². The van der Waals surface area contributed by atoms with E-state index in [0.29, 0.717) is 13.0 Å². The molecule has 0 unspecified atom stereocenters. The molecule has 0 aliphatic carbocycles. The lowest BCUT2D eigenvalue weighted by Gasteiger charge is -2.40. The van der Waals surface area contributed by atoms with E-state index in [0.717, 1.165) is 43.7 Å². The van der Waals surface area contributed by atoms with Crippen molar-refractivity contribution >= 4 is 5.91 Å². The van der Waals surface area contributed by atoms with E-state index in [9.17, 15) is 4.79 Å². The third-order valence-corrected chi connectivity index (χ3v) is 5.01. The van der Waals surface area contributed by atoms with Crippen LogP contribution in [0.2, 0.25) is 0 Å². The number of rotatable bonds is 6. The molecule has 2 heterocycles. The number of amides is 1. The molecule has 3 rings (SSSR count). The van der Waals surface area contributed by atoms with Crippen molar-refractivity contribution in [3.8, 4) is 5.75 Å². The fourth-order valence-corrected chi connectivity index (χ4v) is 3.76. The number of hydrogen-bond acceptors (Lipinski definition) is 4. The Hall–Kier alpha value is -1.59. The molecular formula is C19H27NO4. The molecule has 0 bridgehead atoms. The van der Waals surface area contributed by atoms with Gasteiger partial charge in [0, 0.05) is 26.7 Å². The van der Waals surface area contributed by atoms with Crippen LogP contribution in [0.1, 0.15) is 31.7 Å². The zero-order chi connectivity index (χ0) is 16.9. The maximum absolute atomic E-state index is 12.7. The molecule has 1 aromatic rings. The number of likely N-dealkylation sites (tertiary alicyclic amines) is 1. The molecule has 3 atom stereocenters. The van der Waals surface area contributed by atoms with Gasteiger partial charge in [-0.1, -0.05) is 12.1 Å². The van der Waals surface area contributed by atoms with Crippen LogP contribution in [-0.2, 0) is 20.7 Å². The molecule has 0 radical (unpaired) electrons. The van der Waals surface area contributed by atoms with Gasteiger partial charge < -0.3 is 19.1 Å². The van der Waals surface area contributed by atoms with Crippen molar-refractivity contribution in [3.63, 3.8) is 0 Å². The van der Waals surface area contributed by atoms with Gasteiger partial charge in [-0.25, -0.2) is 0 Å². The average molecular weight is 333 g/mol. The van der Waals surface area contributed by atoms with Crippen LogP contribution in [-0.4, -0.2) is 55.9 Å². The van der Waals surface area contributed by atoms with Crippen LogP contribution in [0.5, 0.6) is 5.75 Å². The van der Waals surface area contributed by atoms with Gasteiger partial charge in [0.2, 0.25) is 5.91 Å². The highest BCUT2D eigenvalue weighted by Crippen LogP contribution is 2.30. The first kappa shape index (κ1) is 17.2. The highest BCUT2D eigenvalue weighted by Gasteiger charge is 2.43. The van der Waals surface area contributed by atoms with Gasteiger partial charge >= 0.3 is 0 Å². The Morgan fingerprint density at radius 3 is 2.79 bits per heavy atom. The summed E-state index contributed by atoms with van der Waals surface area (Å²) in [6, 6.07) is 8.19. The summed E-state index contributed by atoms with van der Waals surface area (Å²) in [6.07, 6.45) is 3.22. The molecule has 2 fully saturated rings. The largest absolute Gasteiger partial charge is 0.494 e. The van der Waals surface area contributed by atoms with E-state index in [1.54, 1.807) is 7.11 Å². The first-order valence-corrected chi connectivity index (χ1v) is 8.88. The predicted molar refractivity (Wildman–Crippen MR) is 91.2 cm³/mol. The number of fused-ring (bicyclic) bond motifs is 1. The smallest absolute Gasteiger partial charge is 0.223 e. The molecule has 2 aliphatic rings. The third kappa shape index (κ3) is 3.73. The molecule has 5 nitrogen and oxygen atoms in total.